The Morgan fingerprint density at radius 3 is 2.69 bits per heavy atom. The van der Waals surface area contributed by atoms with Crippen LogP contribution in [0.25, 0.3) is 22.1 Å². The number of carboxylic acids is 1. The number of pyridine rings is 1. The molecule has 0 fully saturated rings. The number of aryl methyl sites for hydroxylation is 1. The highest BCUT2D eigenvalue weighted by atomic mass is 16.5. The lowest BCUT2D eigenvalue weighted by Crippen LogP contribution is -2.29. The Morgan fingerprint density at radius 2 is 1.93 bits per heavy atom. The zero-order valence-electron chi connectivity index (χ0n) is 26.4. The molecule has 11 nitrogen and oxygen atoms in total. The second-order valence-corrected chi connectivity index (χ2v) is 11.6. The fourth-order valence-electron chi connectivity index (χ4n) is 5.18. The summed E-state index contributed by atoms with van der Waals surface area (Å²) in [6, 6.07) is 15.8. The molecule has 0 unspecified atom stereocenters. The van der Waals surface area contributed by atoms with Gasteiger partial charge in [0.1, 0.15) is 29.2 Å². The van der Waals surface area contributed by atoms with Gasteiger partial charge in [0.2, 0.25) is 0 Å². The lowest BCUT2D eigenvalue weighted by molar-refractivity contribution is -0.131. The molecule has 0 saturated carbocycles. The number of hydrogen-bond donors (Lipinski definition) is 2. The minimum atomic E-state index is -0.952. The fourth-order valence-corrected chi connectivity index (χ4v) is 5.18. The van der Waals surface area contributed by atoms with Gasteiger partial charge < -0.3 is 24.6 Å². The van der Waals surface area contributed by atoms with Gasteiger partial charge in [0.25, 0.3) is 0 Å². The van der Waals surface area contributed by atoms with Crippen LogP contribution in [0.4, 0.5) is 17.3 Å². The van der Waals surface area contributed by atoms with Crippen molar-refractivity contribution in [2.24, 2.45) is 5.92 Å². The monoisotopic (exact) mass is 608 g/mol. The molecule has 0 aliphatic heterocycles. The van der Waals surface area contributed by atoms with E-state index in [2.05, 4.69) is 45.9 Å². The summed E-state index contributed by atoms with van der Waals surface area (Å²) in [7, 11) is 1.92. The number of imidazole rings is 1. The van der Waals surface area contributed by atoms with Gasteiger partial charge in [-0.3, -0.25) is 4.90 Å². The van der Waals surface area contributed by atoms with E-state index in [-0.39, 0.29) is 0 Å². The van der Waals surface area contributed by atoms with Gasteiger partial charge in [0.15, 0.2) is 5.82 Å². The fraction of sp³-hybridized carbons (Fsp3) is 0.324. The van der Waals surface area contributed by atoms with Crippen LogP contribution in [0.1, 0.15) is 32.8 Å². The standard InChI is InChI=1S/C34H40N8O3/c1-6-15-41(19-23(2)3)31-14-11-27-33(39-31)34(36-20-35-27)38-25-9-13-30(24(4)17-25)45-26-10-12-29-28(18-26)37-21-42(29)22-40(5)16-7-8-32(43)44/h7-14,17-18,20-21,23H,6,15-16,19,22H2,1-5H3,(H,43,44)(H,35,36,38)/b8-7+. The summed E-state index contributed by atoms with van der Waals surface area (Å²) in [5, 5.41) is 12.2. The van der Waals surface area contributed by atoms with Crippen molar-refractivity contribution < 1.29 is 14.6 Å². The van der Waals surface area contributed by atoms with Gasteiger partial charge in [-0.15, -0.1) is 0 Å². The number of anilines is 3. The van der Waals surface area contributed by atoms with E-state index >= 15 is 0 Å². The Hall–Kier alpha value is -5.03. The number of carbonyl (C=O) groups is 1. The Balaban J connectivity index is 1.30. The highest BCUT2D eigenvalue weighted by molar-refractivity contribution is 5.88. The maximum absolute atomic E-state index is 10.7. The Bertz CT molecular complexity index is 1820. The first-order valence-corrected chi connectivity index (χ1v) is 15.1. The van der Waals surface area contributed by atoms with Crippen molar-refractivity contribution in [1.82, 2.24) is 29.4 Å². The predicted molar refractivity (Wildman–Crippen MR) is 178 cm³/mol. The van der Waals surface area contributed by atoms with E-state index in [1.807, 2.05) is 72.0 Å². The molecule has 0 atom stereocenters. The first-order valence-electron chi connectivity index (χ1n) is 15.1. The third-order valence-corrected chi connectivity index (χ3v) is 7.20. The number of hydrogen-bond acceptors (Lipinski definition) is 9. The molecule has 11 heteroatoms. The number of fused-ring (bicyclic) bond motifs is 2. The van der Waals surface area contributed by atoms with Crippen molar-refractivity contribution in [3.63, 3.8) is 0 Å². The van der Waals surface area contributed by atoms with Crippen LogP contribution in [0.15, 0.2) is 73.3 Å². The quantitative estimate of drug-likeness (QED) is 0.133. The van der Waals surface area contributed by atoms with Crippen molar-refractivity contribution in [3.05, 3.63) is 78.9 Å². The van der Waals surface area contributed by atoms with Gasteiger partial charge in [-0.2, -0.15) is 0 Å². The number of aromatic nitrogens is 5. The van der Waals surface area contributed by atoms with Crippen molar-refractivity contribution >= 4 is 45.4 Å². The normalized spacial score (nSPS) is 11.7. The van der Waals surface area contributed by atoms with Gasteiger partial charge in [-0.25, -0.2) is 24.7 Å². The summed E-state index contributed by atoms with van der Waals surface area (Å²) in [4.78, 5) is 33.5. The smallest absolute Gasteiger partial charge is 0.328 e. The van der Waals surface area contributed by atoms with E-state index in [9.17, 15) is 4.79 Å². The molecular formula is C34H40N8O3. The van der Waals surface area contributed by atoms with Crippen LogP contribution in [-0.4, -0.2) is 67.2 Å². The highest BCUT2D eigenvalue weighted by Gasteiger charge is 2.14. The third kappa shape index (κ3) is 7.93. The van der Waals surface area contributed by atoms with Crippen LogP contribution >= 0.6 is 0 Å². The Morgan fingerprint density at radius 1 is 1.09 bits per heavy atom. The molecule has 3 aromatic heterocycles. The summed E-state index contributed by atoms with van der Waals surface area (Å²) in [5.74, 6) is 2.58. The molecule has 3 heterocycles. The average molecular weight is 609 g/mol. The van der Waals surface area contributed by atoms with Crippen molar-refractivity contribution in [2.75, 3.05) is 36.9 Å². The van der Waals surface area contributed by atoms with Crippen LogP contribution in [-0.2, 0) is 11.5 Å². The highest BCUT2D eigenvalue weighted by Crippen LogP contribution is 2.31. The number of aliphatic carboxylic acids is 1. The Labute approximate surface area is 263 Å². The number of nitrogens with one attached hydrogen (secondary N) is 1. The number of nitrogens with zero attached hydrogens (tertiary/aromatic N) is 7. The first-order chi connectivity index (χ1) is 21.7. The Kier molecular flexibility index (Phi) is 9.89. The first kappa shape index (κ1) is 31.4. The summed E-state index contributed by atoms with van der Waals surface area (Å²) in [5.41, 5.74) is 5.12. The third-order valence-electron chi connectivity index (χ3n) is 7.20. The maximum atomic E-state index is 10.7. The van der Waals surface area contributed by atoms with E-state index < -0.39 is 5.97 Å². The SMILES string of the molecule is CCCN(CC(C)C)c1ccc2ncnc(Nc3ccc(Oc4ccc5c(c4)ncn5CN(C)C/C=C/C(=O)O)c(C)c3)c2n1. The van der Waals surface area contributed by atoms with E-state index in [1.54, 1.807) is 18.7 Å². The lowest BCUT2D eigenvalue weighted by atomic mass is 10.2. The predicted octanol–water partition coefficient (Wildman–Crippen LogP) is 6.62. The number of ether oxygens (including phenoxy) is 1. The van der Waals surface area contributed by atoms with Crippen LogP contribution < -0.4 is 15.0 Å². The lowest BCUT2D eigenvalue weighted by Gasteiger charge is -2.25. The summed E-state index contributed by atoms with van der Waals surface area (Å²) < 4.78 is 8.27. The molecule has 5 aromatic rings. The number of carboxylic acid groups (broad SMARTS) is 1. The molecule has 5 rings (SSSR count). The maximum Gasteiger partial charge on any atom is 0.328 e. The molecule has 0 aliphatic rings. The molecule has 0 spiro atoms. The molecule has 0 saturated heterocycles. The number of rotatable bonds is 14. The van der Waals surface area contributed by atoms with Crippen LogP contribution in [0, 0.1) is 12.8 Å². The second-order valence-electron chi connectivity index (χ2n) is 11.6. The molecule has 2 aromatic carbocycles. The summed E-state index contributed by atoms with van der Waals surface area (Å²) in [6.07, 6.45) is 7.14. The zero-order chi connectivity index (χ0) is 31.9. The topological polar surface area (TPSA) is 122 Å². The molecule has 0 bridgehead atoms. The minimum Gasteiger partial charge on any atom is -0.478 e. The molecule has 0 aliphatic carbocycles. The van der Waals surface area contributed by atoms with Crippen LogP contribution in [0.2, 0.25) is 0 Å². The molecule has 234 valence electrons. The minimum absolute atomic E-state index is 0.512. The number of benzene rings is 2. The van der Waals surface area contributed by atoms with Crippen LogP contribution in [0.5, 0.6) is 11.5 Å². The van der Waals surface area contributed by atoms with Crippen molar-refractivity contribution in [1.29, 1.82) is 0 Å². The van der Waals surface area contributed by atoms with E-state index in [0.29, 0.717) is 30.7 Å². The average Bonchev–Trinajstić information content (AvgIpc) is 3.39. The summed E-state index contributed by atoms with van der Waals surface area (Å²) in [6.45, 7) is 11.6. The largest absolute Gasteiger partial charge is 0.478 e. The van der Waals surface area contributed by atoms with E-state index in [0.717, 1.165) is 70.5 Å². The van der Waals surface area contributed by atoms with E-state index in [4.69, 9.17) is 14.8 Å². The van der Waals surface area contributed by atoms with Gasteiger partial charge in [-0.1, -0.05) is 26.8 Å². The zero-order valence-corrected chi connectivity index (χ0v) is 26.4. The van der Waals surface area contributed by atoms with Gasteiger partial charge >= 0.3 is 5.97 Å². The van der Waals surface area contributed by atoms with Crippen LogP contribution in [0.3, 0.4) is 0 Å². The molecule has 0 radical (unpaired) electrons. The van der Waals surface area contributed by atoms with Gasteiger partial charge in [0.05, 0.1) is 29.5 Å². The van der Waals surface area contributed by atoms with Crippen molar-refractivity contribution in [3.8, 4) is 11.5 Å². The number of likely N-dealkylation sites (N-methyl/N-ethyl adjacent to an activating group) is 1. The van der Waals surface area contributed by atoms with Crippen molar-refractivity contribution in [2.45, 2.75) is 40.8 Å². The van der Waals surface area contributed by atoms with Gasteiger partial charge in [0, 0.05) is 37.5 Å². The van der Waals surface area contributed by atoms with E-state index in [1.165, 1.54) is 0 Å². The second kappa shape index (κ2) is 14.2. The molecule has 45 heavy (non-hydrogen) atoms. The van der Waals surface area contributed by atoms with Gasteiger partial charge in [-0.05, 0) is 74.3 Å². The molecular weight excluding hydrogens is 568 g/mol. The molecule has 0 amide bonds. The summed E-state index contributed by atoms with van der Waals surface area (Å²) >= 11 is 0. The molecule has 2 N–H and O–H groups in total.